The van der Waals surface area contributed by atoms with Gasteiger partial charge < -0.3 is 9.32 Å². The molecule has 0 atom stereocenters. The van der Waals surface area contributed by atoms with Crippen LogP contribution in [0.15, 0.2) is 168 Å². The monoisotopic (exact) mass is 653 g/mol. The molecule has 8 aromatic carbocycles. The van der Waals surface area contributed by atoms with Gasteiger partial charge in [-0.05, 0) is 63.5 Å². The minimum atomic E-state index is 0.339. The second-order valence-corrected chi connectivity index (χ2v) is 13.0. The average molecular weight is 653 g/mol. The summed E-state index contributed by atoms with van der Waals surface area (Å²) < 4.78 is 6.57. The van der Waals surface area contributed by atoms with Crippen molar-refractivity contribution in [3.63, 3.8) is 0 Å². The number of hydrogen-bond acceptors (Lipinski definition) is 2. The number of benzene rings is 8. The van der Waals surface area contributed by atoms with Gasteiger partial charge in [-0.25, -0.2) is 0 Å². The molecule has 1 aromatic heterocycles. The molecular weight excluding hydrogens is 626 g/mol. The molecular formula is C46H27B4NO. The number of anilines is 3. The largest absolute Gasteiger partial charge is 0.455 e. The Hall–Kier alpha value is -6.12. The fourth-order valence-electron chi connectivity index (χ4n) is 7.47. The van der Waals surface area contributed by atoms with Gasteiger partial charge in [-0.1, -0.05) is 155 Å². The van der Waals surface area contributed by atoms with Crippen molar-refractivity contribution in [2.75, 3.05) is 4.90 Å². The Morgan fingerprint density at radius 1 is 0.423 bits per heavy atom. The second-order valence-electron chi connectivity index (χ2n) is 13.0. The van der Waals surface area contributed by atoms with E-state index in [4.69, 9.17) is 35.8 Å². The van der Waals surface area contributed by atoms with Crippen molar-refractivity contribution >= 4 is 103 Å². The Morgan fingerprint density at radius 2 is 1.02 bits per heavy atom. The molecule has 52 heavy (non-hydrogen) atoms. The Labute approximate surface area is 308 Å². The third-order valence-corrected chi connectivity index (χ3v) is 9.97. The molecule has 0 aliphatic rings. The zero-order valence-electron chi connectivity index (χ0n) is 28.3. The van der Waals surface area contributed by atoms with Crippen molar-refractivity contribution in [1.82, 2.24) is 0 Å². The van der Waals surface area contributed by atoms with Gasteiger partial charge in [-0.2, -0.15) is 0 Å². The maximum absolute atomic E-state index is 7.06. The van der Waals surface area contributed by atoms with Gasteiger partial charge in [0.15, 0.2) is 0 Å². The fourth-order valence-corrected chi connectivity index (χ4v) is 7.47. The first-order valence-corrected chi connectivity index (χ1v) is 17.2. The van der Waals surface area contributed by atoms with E-state index in [0.717, 1.165) is 71.9 Å². The normalized spacial score (nSPS) is 11.4. The summed E-state index contributed by atoms with van der Waals surface area (Å²) in [6.07, 6.45) is 0. The van der Waals surface area contributed by atoms with E-state index in [-0.39, 0.29) is 0 Å². The number of para-hydroxylation sites is 2. The van der Waals surface area contributed by atoms with E-state index in [0.29, 0.717) is 33.1 Å². The highest BCUT2D eigenvalue weighted by Crippen LogP contribution is 2.45. The van der Waals surface area contributed by atoms with Gasteiger partial charge in [-0.15, -0.1) is 0 Å². The molecule has 0 unspecified atom stereocenters. The molecule has 0 spiro atoms. The van der Waals surface area contributed by atoms with Gasteiger partial charge in [0, 0.05) is 33.1 Å². The van der Waals surface area contributed by atoms with Crippen LogP contribution in [-0.2, 0) is 0 Å². The van der Waals surface area contributed by atoms with Crippen LogP contribution in [0.1, 0.15) is 0 Å². The molecule has 0 fully saturated rings. The van der Waals surface area contributed by atoms with Crippen molar-refractivity contribution in [2.24, 2.45) is 0 Å². The summed E-state index contributed by atoms with van der Waals surface area (Å²) in [5.41, 5.74) is 10.9. The number of rotatable bonds is 6. The van der Waals surface area contributed by atoms with Gasteiger partial charge in [0.1, 0.15) is 42.6 Å². The molecule has 8 radical (unpaired) electrons. The minimum absolute atomic E-state index is 0.339. The minimum Gasteiger partial charge on any atom is -0.455 e. The number of fused-ring (bicyclic) bond motifs is 5. The third kappa shape index (κ3) is 5.17. The maximum atomic E-state index is 7.06. The van der Waals surface area contributed by atoms with Crippen LogP contribution in [-0.4, -0.2) is 31.4 Å². The Bertz CT molecular complexity index is 2750. The van der Waals surface area contributed by atoms with E-state index >= 15 is 0 Å². The Morgan fingerprint density at radius 3 is 1.77 bits per heavy atom. The molecule has 0 saturated heterocycles. The van der Waals surface area contributed by atoms with Crippen molar-refractivity contribution < 1.29 is 4.42 Å². The first-order chi connectivity index (χ1) is 25.5. The predicted octanol–water partition coefficient (Wildman–Crippen LogP) is 8.39. The van der Waals surface area contributed by atoms with Gasteiger partial charge in [-0.3, -0.25) is 0 Å². The van der Waals surface area contributed by atoms with Crippen LogP contribution in [0.5, 0.6) is 0 Å². The molecule has 6 heteroatoms. The maximum Gasteiger partial charge on any atom is 0.143 e. The summed E-state index contributed by atoms with van der Waals surface area (Å²) >= 11 is 0. The van der Waals surface area contributed by atoms with E-state index in [1.165, 1.54) is 0 Å². The van der Waals surface area contributed by atoms with Crippen molar-refractivity contribution in [3.05, 3.63) is 164 Å². The molecule has 9 aromatic rings. The lowest BCUT2D eigenvalue weighted by atomic mass is 9.64. The van der Waals surface area contributed by atoms with E-state index in [9.17, 15) is 0 Å². The molecule has 1 heterocycles. The van der Waals surface area contributed by atoms with Crippen LogP contribution in [0.2, 0.25) is 0 Å². The number of hydrogen-bond donors (Lipinski definition) is 0. The summed E-state index contributed by atoms with van der Waals surface area (Å²) in [6, 6.07) is 55.3. The van der Waals surface area contributed by atoms with E-state index in [2.05, 4.69) is 71.6 Å². The number of furan rings is 1. The van der Waals surface area contributed by atoms with Crippen LogP contribution < -0.4 is 26.8 Å². The first-order valence-electron chi connectivity index (χ1n) is 17.2. The third-order valence-electron chi connectivity index (χ3n) is 9.97. The first kappa shape index (κ1) is 31.8. The van der Waals surface area contributed by atoms with Crippen LogP contribution >= 0.6 is 0 Å². The molecule has 0 amide bonds. The fraction of sp³-hybridized carbons (Fsp3) is 0. The molecule has 234 valence electrons. The van der Waals surface area contributed by atoms with Gasteiger partial charge in [0.2, 0.25) is 0 Å². The lowest BCUT2D eigenvalue weighted by Gasteiger charge is -2.34. The molecule has 2 nitrogen and oxygen atoms in total. The van der Waals surface area contributed by atoms with Crippen LogP contribution in [0.3, 0.4) is 0 Å². The van der Waals surface area contributed by atoms with E-state index in [1.807, 2.05) is 97.1 Å². The van der Waals surface area contributed by atoms with E-state index < -0.39 is 0 Å². The summed E-state index contributed by atoms with van der Waals surface area (Å²) in [5.74, 6) is 0. The van der Waals surface area contributed by atoms with Gasteiger partial charge >= 0.3 is 0 Å². The molecule has 9 rings (SSSR count). The topological polar surface area (TPSA) is 16.4 Å². The van der Waals surface area contributed by atoms with Gasteiger partial charge in [0.05, 0.1) is 5.69 Å². The van der Waals surface area contributed by atoms with Crippen LogP contribution in [0.4, 0.5) is 17.1 Å². The average Bonchev–Trinajstić information content (AvgIpc) is 3.60. The highest BCUT2D eigenvalue weighted by Gasteiger charge is 2.25. The van der Waals surface area contributed by atoms with Crippen LogP contribution in [0.25, 0.3) is 66.1 Å². The molecule has 0 aliphatic carbocycles. The molecule has 0 N–H and O–H groups in total. The Kier molecular flexibility index (Phi) is 7.89. The lowest BCUT2D eigenvalue weighted by molar-refractivity contribution is 0.673. The predicted molar refractivity (Wildman–Crippen MR) is 224 cm³/mol. The molecule has 0 aliphatic heterocycles. The quantitative estimate of drug-likeness (QED) is 0.168. The zero-order chi connectivity index (χ0) is 35.3. The lowest BCUT2D eigenvalue weighted by Crippen LogP contribution is -2.46. The van der Waals surface area contributed by atoms with Crippen molar-refractivity contribution in [3.8, 4) is 33.4 Å². The van der Waals surface area contributed by atoms with Crippen molar-refractivity contribution in [1.29, 1.82) is 0 Å². The molecule has 0 bridgehead atoms. The summed E-state index contributed by atoms with van der Waals surface area (Å²) in [7, 11) is 28.0. The van der Waals surface area contributed by atoms with Crippen molar-refractivity contribution in [2.45, 2.75) is 0 Å². The highest BCUT2D eigenvalue weighted by atomic mass is 16.3. The second kappa shape index (κ2) is 12.9. The number of nitrogens with zero attached hydrogens (tertiary/aromatic N) is 1. The SMILES string of the molecule is [B]c1c([B])c(N(c2ccccc2)c2ccccc2-c2cccc3oc4c5ccccc5ccc4c23)c([B])c([B])c1-c1ccc(-c2ccccc2)cc1. The standard InChI is InChI=1S/C46H27B4NO/c47-41-39(31-24-22-29(23-25-31)28-12-3-1-4-13-28)42(48)44(50)45(43(41)49)51(32-15-5-2-6-16-32)37-20-10-9-18-34(37)35-19-11-21-38-40(35)36-27-26-30-14-7-8-17-33(30)46(36)52-38/h1-27H. The molecule has 0 saturated carbocycles. The highest BCUT2D eigenvalue weighted by molar-refractivity contribution is 6.63. The summed E-state index contributed by atoms with van der Waals surface area (Å²) in [6.45, 7) is 0. The van der Waals surface area contributed by atoms with E-state index in [1.54, 1.807) is 0 Å². The Balaban J connectivity index is 1.25. The summed E-state index contributed by atoms with van der Waals surface area (Å²) in [5, 5.41) is 4.27. The summed E-state index contributed by atoms with van der Waals surface area (Å²) in [4.78, 5) is 2.06. The zero-order valence-corrected chi connectivity index (χ0v) is 28.3. The smallest absolute Gasteiger partial charge is 0.143 e. The van der Waals surface area contributed by atoms with Crippen LogP contribution in [0, 0.1) is 0 Å². The van der Waals surface area contributed by atoms with Gasteiger partial charge in [0.25, 0.3) is 0 Å².